The zero-order valence-corrected chi connectivity index (χ0v) is 19.7. The number of pyridine rings is 1. The van der Waals surface area contributed by atoms with Gasteiger partial charge in [-0.3, -0.25) is 9.36 Å². The highest BCUT2D eigenvalue weighted by molar-refractivity contribution is 5.75. The van der Waals surface area contributed by atoms with Crippen LogP contribution in [0.3, 0.4) is 0 Å². The minimum Gasteiger partial charge on any atom is -0.383 e. The minimum atomic E-state index is -4.60. The molecule has 2 amide bonds. The highest BCUT2D eigenvalue weighted by atomic mass is 19.4. The Morgan fingerprint density at radius 3 is 2.66 bits per heavy atom. The van der Waals surface area contributed by atoms with Crippen molar-refractivity contribution < 1.29 is 18.0 Å². The fraction of sp³-hybridized carbons (Fsp3) is 0.478. The lowest BCUT2D eigenvalue weighted by atomic mass is 9.82. The van der Waals surface area contributed by atoms with E-state index < -0.39 is 17.6 Å². The van der Waals surface area contributed by atoms with Crippen LogP contribution in [0.25, 0.3) is 11.3 Å². The van der Waals surface area contributed by atoms with Crippen LogP contribution in [0.2, 0.25) is 0 Å². The molecule has 1 saturated heterocycles. The van der Waals surface area contributed by atoms with Crippen LogP contribution in [0.5, 0.6) is 0 Å². The first kappa shape index (κ1) is 23.2. The van der Waals surface area contributed by atoms with Gasteiger partial charge in [-0.25, -0.2) is 9.78 Å². The smallest absolute Gasteiger partial charge is 0.383 e. The number of likely N-dealkylation sites (tertiary alicyclic amines) is 1. The Hall–Kier alpha value is -3.57. The molecule has 1 fully saturated rings. The largest absolute Gasteiger partial charge is 0.419 e. The van der Waals surface area contributed by atoms with Crippen LogP contribution in [0.4, 0.5) is 23.8 Å². The van der Waals surface area contributed by atoms with Gasteiger partial charge in [-0.2, -0.15) is 23.4 Å². The van der Waals surface area contributed by atoms with Crippen molar-refractivity contribution in [3.63, 3.8) is 0 Å². The van der Waals surface area contributed by atoms with Crippen LogP contribution in [0.1, 0.15) is 48.3 Å². The number of nitrogen functional groups attached to an aromatic ring is 1. The number of alkyl halides is 3. The van der Waals surface area contributed by atoms with Crippen molar-refractivity contribution in [1.29, 1.82) is 0 Å². The molecule has 186 valence electrons. The fourth-order valence-electron chi connectivity index (χ4n) is 5.20. The summed E-state index contributed by atoms with van der Waals surface area (Å²) < 4.78 is 43.5. The number of nitrogens with zero attached hydrogens (tertiary/aromatic N) is 6. The molecule has 2 aliphatic rings. The number of amides is 2. The third-order valence-electron chi connectivity index (χ3n) is 7.37. The Balaban J connectivity index is 1.34. The van der Waals surface area contributed by atoms with Gasteiger partial charge in [0, 0.05) is 60.8 Å². The van der Waals surface area contributed by atoms with Crippen LogP contribution in [0, 0.1) is 6.92 Å². The number of nitrogens with two attached hydrogens (primary N) is 1. The van der Waals surface area contributed by atoms with Crippen molar-refractivity contribution in [3.8, 4) is 11.3 Å². The molecular weight excluding hydrogens is 461 g/mol. The standard InChI is InChI=1S/C23H27F3N8O/c1-13(16-11-29-32(3)14(16)2)30-21(35)33-6-4-22(12-33)5-7-34-19(22)9-18(31-34)15-8-17(23(24,25)26)20(27)28-10-15/h8-11,13H,4-7,12H2,1-3H3,(H2,27,28)(H,30,35)/t13-,22?/m0/s1. The van der Waals surface area contributed by atoms with E-state index in [-0.39, 0.29) is 23.1 Å². The quantitative estimate of drug-likeness (QED) is 0.588. The van der Waals surface area contributed by atoms with Gasteiger partial charge in [0.05, 0.1) is 23.5 Å². The average Bonchev–Trinajstić information content (AvgIpc) is 3.55. The van der Waals surface area contributed by atoms with Gasteiger partial charge in [0.1, 0.15) is 5.82 Å². The molecule has 0 aromatic carbocycles. The van der Waals surface area contributed by atoms with Gasteiger partial charge >= 0.3 is 12.2 Å². The van der Waals surface area contributed by atoms with Crippen molar-refractivity contribution >= 4 is 11.8 Å². The number of urea groups is 1. The molecule has 5 rings (SSSR count). The van der Waals surface area contributed by atoms with E-state index in [9.17, 15) is 18.0 Å². The number of hydrogen-bond donors (Lipinski definition) is 2. The second-order valence-corrected chi connectivity index (χ2v) is 9.47. The Morgan fingerprint density at radius 1 is 1.23 bits per heavy atom. The molecule has 0 radical (unpaired) electrons. The predicted octanol–water partition coefficient (Wildman–Crippen LogP) is 3.41. The molecule has 9 nitrogen and oxygen atoms in total. The topological polar surface area (TPSA) is 107 Å². The van der Waals surface area contributed by atoms with E-state index in [1.165, 1.54) is 6.20 Å². The van der Waals surface area contributed by atoms with Gasteiger partial charge < -0.3 is 16.0 Å². The van der Waals surface area contributed by atoms with Crippen molar-refractivity contribution in [2.45, 2.75) is 50.9 Å². The molecule has 1 unspecified atom stereocenters. The van der Waals surface area contributed by atoms with Crippen LogP contribution >= 0.6 is 0 Å². The first-order valence-corrected chi connectivity index (χ1v) is 11.4. The van der Waals surface area contributed by atoms with E-state index in [0.717, 1.165) is 35.9 Å². The number of hydrogen-bond acceptors (Lipinski definition) is 5. The molecule has 5 heterocycles. The summed E-state index contributed by atoms with van der Waals surface area (Å²) in [6, 6.07) is 2.48. The molecule has 2 atom stereocenters. The molecule has 3 N–H and O–H groups in total. The Bertz CT molecular complexity index is 1300. The van der Waals surface area contributed by atoms with Crippen molar-refractivity contribution in [1.82, 2.24) is 34.8 Å². The SMILES string of the molecule is Cc1c([C@H](C)NC(=O)N2CCC3(CCn4nc(-c5cnc(N)c(C(F)(F)F)c5)cc43)C2)cnn1C. The van der Waals surface area contributed by atoms with E-state index >= 15 is 0 Å². The van der Waals surface area contributed by atoms with Crippen LogP contribution < -0.4 is 11.1 Å². The summed E-state index contributed by atoms with van der Waals surface area (Å²) >= 11 is 0. The third kappa shape index (κ3) is 3.90. The third-order valence-corrected chi connectivity index (χ3v) is 7.37. The van der Waals surface area contributed by atoms with Gasteiger partial charge in [-0.05, 0) is 38.8 Å². The van der Waals surface area contributed by atoms with Gasteiger partial charge in [-0.1, -0.05) is 0 Å². The zero-order valence-electron chi connectivity index (χ0n) is 19.7. The maximum Gasteiger partial charge on any atom is 0.419 e. The van der Waals surface area contributed by atoms with Crippen LogP contribution in [-0.2, 0) is 25.2 Å². The lowest BCUT2D eigenvalue weighted by Crippen LogP contribution is -2.41. The summed E-state index contributed by atoms with van der Waals surface area (Å²) in [7, 11) is 1.86. The van der Waals surface area contributed by atoms with E-state index in [4.69, 9.17) is 5.73 Å². The van der Waals surface area contributed by atoms with E-state index in [2.05, 4.69) is 20.5 Å². The normalized spacial score (nSPS) is 20.5. The van der Waals surface area contributed by atoms with E-state index in [0.29, 0.717) is 25.3 Å². The molecule has 0 saturated carbocycles. The number of rotatable bonds is 3. The predicted molar refractivity (Wildman–Crippen MR) is 122 cm³/mol. The lowest BCUT2D eigenvalue weighted by Gasteiger charge is -2.25. The van der Waals surface area contributed by atoms with Crippen LogP contribution in [-0.4, -0.2) is 48.6 Å². The van der Waals surface area contributed by atoms with Crippen molar-refractivity contribution in [2.75, 3.05) is 18.8 Å². The van der Waals surface area contributed by atoms with E-state index in [1.54, 1.807) is 15.8 Å². The number of nitrogens with one attached hydrogen (secondary N) is 1. The number of carbonyl (C=O) groups is 1. The number of aromatic nitrogens is 5. The zero-order chi connectivity index (χ0) is 25.1. The number of halogens is 3. The Morgan fingerprint density at radius 2 is 1.97 bits per heavy atom. The van der Waals surface area contributed by atoms with Crippen molar-refractivity contribution in [3.05, 3.63) is 47.0 Å². The first-order valence-electron chi connectivity index (χ1n) is 11.4. The monoisotopic (exact) mass is 488 g/mol. The molecule has 12 heteroatoms. The minimum absolute atomic E-state index is 0.145. The average molecular weight is 489 g/mol. The summed E-state index contributed by atoms with van der Waals surface area (Å²) in [5.74, 6) is -0.558. The highest BCUT2D eigenvalue weighted by Crippen LogP contribution is 2.44. The summed E-state index contributed by atoms with van der Waals surface area (Å²) in [5.41, 5.74) is 7.77. The van der Waals surface area contributed by atoms with Gasteiger partial charge in [-0.15, -0.1) is 0 Å². The number of fused-ring (bicyclic) bond motifs is 2. The lowest BCUT2D eigenvalue weighted by molar-refractivity contribution is -0.137. The molecule has 0 aliphatic carbocycles. The number of aryl methyl sites for hydroxylation is 2. The summed E-state index contributed by atoms with van der Waals surface area (Å²) in [5, 5.41) is 11.9. The maximum atomic E-state index is 13.3. The summed E-state index contributed by atoms with van der Waals surface area (Å²) in [6.45, 7) is 5.65. The van der Waals surface area contributed by atoms with Gasteiger partial charge in [0.25, 0.3) is 0 Å². The van der Waals surface area contributed by atoms with Gasteiger partial charge in [0.2, 0.25) is 0 Å². The van der Waals surface area contributed by atoms with Crippen molar-refractivity contribution in [2.24, 2.45) is 7.05 Å². The van der Waals surface area contributed by atoms with E-state index in [1.807, 2.05) is 31.6 Å². The molecule has 3 aromatic heterocycles. The molecule has 2 aliphatic heterocycles. The molecule has 35 heavy (non-hydrogen) atoms. The number of anilines is 1. The first-order chi connectivity index (χ1) is 16.5. The highest BCUT2D eigenvalue weighted by Gasteiger charge is 2.47. The van der Waals surface area contributed by atoms with Gasteiger partial charge in [0.15, 0.2) is 0 Å². The second kappa shape index (κ2) is 7.99. The molecule has 1 spiro atoms. The Kier molecular flexibility index (Phi) is 5.29. The molecular formula is C23H27F3N8O. The van der Waals surface area contributed by atoms with Crippen LogP contribution in [0.15, 0.2) is 24.5 Å². The summed E-state index contributed by atoms with van der Waals surface area (Å²) in [6.07, 6.45) is 0.0657. The summed E-state index contributed by atoms with van der Waals surface area (Å²) in [4.78, 5) is 18.6. The molecule has 0 bridgehead atoms. The maximum absolute atomic E-state index is 13.3. The Labute approximate surface area is 200 Å². The molecule has 3 aromatic rings. The fourth-order valence-corrected chi connectivity index (χ4v) is 5.20. The number of carbonyl (C=O) groups excluding carboxylic acids is 1. The second-order valence-electron chi connectivity index (χ2n) is 9.47.